The second-order valence-electron chi connectivity index (χ2n) is 6.77. The molecule has 4 rings (SSSR count). The average Bonchev–Trinajstić information content (AvgIpc) is 3.30. The fourth-order valence-electron chi connectivity index (χ4n) is 3.20. The van der Waals surface area contributed by atoms with Crippen LogP contribution in [0.25, 0.3) is 0 Å². The van der Waals surface area contributed by atoms with Crippen LogP contribution < -0.4 is 4.90 Å². The van der Waals surface area contributed by atoms with Crippen LogP contribution in [0.5, 0.6) is 0 Å². The maximum Gasteiger partial charge on any atom is 0.253 e. The van der Waals surface area contributed by atoms with E-state index in [0.29, 0.717) is 25.6 Å². The molecule has 8 heteroatoms. The summed E-state index contributed by atoms with van der Waals surface area (Å²) in [4.78, 5) is 23.0. The first-order valence-electron chi connectivity index (χ1n) is 8.66. The highest BCUT2D eigenvalue weighted by atomic mass is 32.1. The number of morpholine rings is 1. The minimum Gasteiger partial charge on any atom is -0.365 e. The number of hydrogen-bond acceptors (Lipinski definition) is 7. The number of thiophene rings is 1. The third-order valence-electron chi connectivity index (χ3n) is 4.68. The first-order valence-corrected chi connectivity index (χ1v) is 10.3. The second kappa shape index (κ2) is 7.01. The van der Waals surface area contributed by atoms with Crippen molar-refractivity contribution < 1.29 is 9.53 Å². The van der Waals surface area contributed by atoms with Gasteiger partial charge in [-0.1, -0.05) is 13.8 Å². The lowest BCUT2D eigenvalue weighted by Gasteiger charge is -2.35. The van der Waals surface area contributed by atoms with Gasteiger partial charge in [0.2, 0.25) is 5.13 Å². The second-order valence-corrected chi connectivity index (χ2v) is 8.51. The van der Waals surface area contributed by atoms with Crippen LogP contribution >= 0.6 is 22.9 Å². The number of carbonyl (C=O) groups excluding carboxylic acids is 1. The van der Waals surface area contributed by atoms with Gasteiger partial charge in [0.15, 0.2) is 6.10 Å². The van der Waals surface area contributed by atoms with Crippen molar-refractivity contribution in [2.45, 2.75) is 38.8 Å². The summed E-state index contributed by atoms with van der Waals surface area (Å²) >= 11 is 3.20. The molecule has 0 aliphatic carbocycles. The zero-order chi connectivity index (χ0) is 17.4. The zero-order valence-corrected chi connectivity index (χ0v) is 16.1. The van der Waals surface area contributed by atoms with E-state index in [0.717, 1.165) is 30.5 Å². The molecule has 0 saturated carbocycles. The van der Waals surface area contributed by atoms with Crippen LogP contribution in [0.2, 0.25) is 0 Å². The van der Waals surface area contributed by atoms with Gasteiger partial charge in [-0.3, -0.25) is 4.79 Å². The van der Waals surface area contributed by atoms with E-state index in [1.54, 1.807) is 11.3 Å². The predicted molar refractivity (Wildman–Crippen MR) is 99.4 cm³/mol. The van der Waals surface area contributed by atoms with Gasteiger partial charge in [0, 0.05) is 42.0 Å². The Kier molecular flexibility index (Phi) is 4.75. The van der Waals surface area contributed by atoms with Crippen molar-refractivity contribution in [2.75, 3.05) is 31.1 Å². The van der Waals surface area contributed by atoms with Crippen molar-refractivity contribution in [3.8, 4) is 0 Å². The highest BCUT2D eigenvalue weighted by Gasteiger charge is 2.33. The van der Waals surface area contributed by atoms with E-state index < -0.39 is 6.10 Å². The van der Waals surface area contributed by atoms with E-state index in [2.05, 4.69) is 39.6 Å². The Morgan fingerprint density at radius 2 is 2.28 bits per heavy atom. The van der Waals surface area contributed by atoms with E-state index in [1.165, 1.54) is 22.0 Å². The normalized spacial score (nSPS) is 20.8. The number of anilines is 1. The molecule has 2 aliphatic rings. The number of carbonyl (C=O) groups is 1. The molecule has 1 atom stereocenters. The molecule has 4 heterocycles. The summed E-state index contributed by atoms with van der Waals surface area (Å²) in [6.45, 7) is 7.52. The Morgan fingerprint density at radius 3 is 3.08 bits per heavy atom. The Morgan fingerprint density at radius 1 is 1.40 bits per heavy atom. The number of aromatic nitrogens is 2. The molecular weight excluding hydrogens is 356 g/mol. The molecule has 0 bridgehead atoms. The Labute approximate surface area is 155 Å². The van der Waals surface area contributed by atoms with E-state index in [1.807, 2.05) is 4.90 Å². The van der Waals surface area contributed by atoms with Crippen LogP contribution in [0.15, 0.2) is 11.4 Å². The fourth-order valence-corrected chi connectivity index (χ4v) is 4.93. The topological polar surface area (TPSA) is 58.6 Å². The van der Waals surface area contributed by atoms with Crippen molar-refractivity contribution in [3.05, 3.63) is 27.7 Å². The largest absolute Gasteiger partial charge is 0.365 e. The maximum absolute atomic E-state index is 12.9. The molecule has 2 aliphatic heterocycles. The molecule has 1 saturated heterocycles. The predicted octanol–water partition coefficient (Wildman–Crippen LogP) is 2.51. The number of fused-ring (bicyclic) bond motifs is 1. The molecule has 1 fully saturated rings. The van der Waals surface area contributed by atoms with Gasteiger partial charge >= 0.3 is 0 Å². The molecule has 0 N–H and O–H groups in total. The first kappa shape index (κ1) is 16.9. The SMILES string of the molecule is CC(C)c1nsc(N2CCOC(C(=O)N3CCc4sccc4C3)C2)n1. The average molecular weight is 379 g/mol. The minimum absolute atomic E-state index is 0.0927. The maximum atomic E-state index is 12.9. The van der Waals surface area contributed by atoms with E-state index in [4.69, 9.17) is 4.74 Å². The van der Waals surface area contributed by atoms with Crippen molar-refractivity contribution in [3.63, 3.8) is 0 Å². The molecule has 0 aromatic carbocycles. The molecule has 6 nitrogen and oxygen atoms in total. The van der Waals surface area contributed by atoms with Gasteiger partial charge in [-0.25, -0.2) is 4.98 Å². The third-order valence-corrected chi connectivity index (χ3v) is 6.49. The third kappa shape index (κ3) is 3.43. The molecule has 2 aromatic rings. The van der Waals surface area contributed by atoms with Crippen LogP contribution in [-0.4, -0.2) is 52.5 Å². The van der Waals surface area contributed by atoms with Crippen LogP contribution in [-0.2, 0) is 22.5 Å². The van der Waals surface area contributed by atoms with E-state index in [9.17, 15) is 4.79 Å². The number of rotatable bonds is 3. The molecule has 134 valence electrons. The Hall–Kier alpha value is -1.51. The number of nitrogens with zero attached hydrogens (tertiary/aromatic N) is 4. The molecular formula is C17H22N4O2S2. The zero-order valence-electron chi connectivity index (χ0n) is 14.5. The summed E-state index contributed by atoms with van der Waals surface area (Å²) in [5.74, 6) is 1.28. The van der Waals surface area contributed by atoms with E-state index in [-0.39, 0.29) is 5.91 Å². The van der Waals surface area contributed by atoms with Crippen LogP contribution in [0, 0.1) is 0 Å². The first-order chi connectivity index (χ1) is 12.1. The molecule has 0 radical (unpaired) electrons. The summed E-state index contributed by atoms with van der Waals surface area (Å²) in [7, 11) is 0. The minimum atomic E-state index is -0.416. The van der Waals surface area contributed by atoms with Gasteiger partial charge in [0.25, 0.3) is 5.91 Å². The molecule has 1 amide bonds. The van der Waals surface area contributed by atoms with Crippen molar-refractivity contribution in [2.24, 2.45) is 0 Å². The lowest BCUT2D eigenvalue weighted by molar-refractivity contribution is -0.145. The fraction of sp³-hybridized carbons (Fsp3) is 0.588. The van der Waals surface area contributed by atoms with Crippen molar-refractivity contribution >= 4 is 33.9 Å². The summed E-state index contributed by atoms with van der Waals surface area (Å²) in [6, 6.07) is 2.13. The highest BCUT2D eigenvalue weighted by molar-refractivity contribution is 7.10. The molecule has 1 unspecified atom stereocenters. The number of amides is 1. The monoisotopic (exact) mass is 378 g/mol. The molecule has 2 aromatic heterocycles. The van der Waals surface area contributed by atoms with Crippen LogP contribution in [0.1, 0.15) is 36.0 Å². The summed E-state index contributed by atoms with van der Waals surface area (Å²) in [5, 5.41) is 3.00. The standard InChI is InChI=1S/C17H22N4O2S2/c1-11(2)15-18-17(25-19-15)21-6-7-23-13(10-21)16(22)20-5-3-14-12(9-20)4-8-24-14/h4,8,11,13H,3,5-7,9-10H2,1-2H3. The molecule has 25 heavy (non-hydrogen) atoms. The summed E-state index contributed by atoms with van der Waals surface area (Å²) < 4.78 is 10.2. The Balaban J connectivity index is 1.43. The van der Waals surface area contributed by atoms with Gasteiger partial charge in [-0.15, -0.1) is 11.3 Å². The van der Waals surface area contributed by atoms with Crippen molar-refractivity contribution in [1.29, 1.82) is 0 Å². The van der Waals surface area contributed by atoms with Crippen LogP contribution in [0.4, 0.5) is 5.13 Å². The van der Waals surface area contributed by atoms with Crippen LogP contribution in [0.3, 0.4) is 0 Å². The summed E-state index contributed by atoms with van der Waals surface area (Å²) in [5.41, 5.74) is 1.28. The summed E-state index contributed by atoms with van der Waals surface area (Å²) in [6.07, 6.45) is 0.531. The lowest BCUT2D eigenvalue weighted by atomic mass is 10.1. The number of hydrogen-bond donors (Lipinski definition) is 0. The van der Waals surface area contributed by atoms with Gasteiger partial charge in [-0.05, 0) is 23.4 Å². The number of ether oxygens (including phenoxy) is 1. The highest BCUT2D eigenvalue weighted by Crippen LogP contribution is 2.26. The van der Waals surface area contributed by atoms with Crippen molar-refractivity contribution in [1.82, 2.24) is 14.3 Å². The van der Waals surface area contributed by atoms with Gasteiger partial charge in [0.1, 0.15) is 5.82 Å². The quantitative estimate of drug-likeness (QED) is 0.821. The lowest BCUT2D eigenvalue weighted by Crippen LogP contribution is -2.52. The smallest absolute Gasteiger partial charge is 0.253 e. The van der Waals surface area contributed by atoms with E-state index >= 15 is 0 Å². The van der Waals surface area contributed by atoms with Gasteiger partial charge < -0.3 is 14.5 Å². The Bertz CT molecular complexity index is 757. The van der Waals surface area contributed by atoms with Gasteiger partial charge in [0.05, 0.1) is 13.2 Å². The van der Waals surface area contributed by atoms with Gasteiger partial charge in [-0.2, -0.15) is 4.37 Å². The molecule has 0 spiro atoms.